The summed E-state index contributed by atoms with van der Waals surface area (Å²) in [5.41, 5.74) is -5.56. The van der Waals surface area contributed by atoms with Crippen molar-refractivity contribution in [2.75, 3.05) is 56.8 Å². The summed E-state index contributed by atoms with van der Waals surface area (Å²) < 4.78 is 209. The van der Waals surface area contributed by atoms with Gasteiger partial charge in [-0.15, -0.1) is 25.7 Å². The molecular formula is C96H113F4N9O30P4S5. The molecule has 0 saturated carbocycles. The minimum Gasteiger partial charge on any atom is -0.463 e. The van der Waals surface area contributed by atoms with E-state index in [1.54, 1.807) is 165 Å². The molecule has 4 aliphatic rings. The third kappa shape index (κ3) is 31.7. The van der Waals surface area contributed by atoms with Crippen LogP contribution in [0.4, 0.5) is 23.4 Å². The molecule has 0 spiro atoms. The molecule has 9 N–H and O–H groups in total. The van der Waals surface area contributed by atoms with Gasteiger partial charge in [-0.2, -0.15) is 0 Å². The van der Waals surface area contributed by atoms with E-state index in [4.69, 9.17) is 167 Å². The second kappa shape index (κ2) is 52.8. The molecule has 8 aromatic rings. The van der Waals surface area contributed by atoms with Crippen LogP contribution in [0.25, 0.3) is 0 Å². The standard InChI is InChI=1S/C24H29FN3O7PS.2C24H28FN2O8PS.C24H28FN2O7PS2/c1-5-24(30)20(25)18(34-22(24)28-12-11-19(26)27-23(28)37)13-32-36(31,35-17-9-7-6-8-10-17)14-16(4)21(29)33-15(2)3;1-5-24(30)20(25)18(34-22(24)27-12-11-19(37)26-23(27)29)13-32-36(31,35-17-9-7-6-8-10-17)14-16(4)21(28)33-15(2)3;1-5-24(30)20(25)18(34-22(24)27-12-11-19(28)26-23(27)37)13-32-36(31,35-17-9-7-6-8-10-17)14-16(4)21(29)33-15(2)3;1-5-24(29)20(25)18(33-22(24)27-12-11-19(36)26-23(27)37)13-31-35(30,34-17-9-7-6-8-10-17)14-16(4)21(28)32-15(2)3/h1,6-12,15-16,18,20,22,30H,13-14H2,2-4H3,(H2,26,27,37);1,6-12,15-16,18,20,22,30H,13-14H2,2-4H3,(H,26,29,37);1,6-12,15-16,18,20,22,30H,13-14H2,2-4H3,(H,26,28,37);1,6-12,15-16,18,20,22,29H,13-14H2,2-4H3,(H,26,36,37)/t3*16-,18-,20+,22-,24?,36?;16-,18-,20+,22-,24?,35?/m1111/s1. The number of para-hydroxylation sites is 4. The zero-order chi connectivity index (χ0) is 110. The lowest BCUT2D eigenvalue weighted by Gasteiger charge is -2.26. The van der Waals surface area contributed by atoms with Crippen LogP contribution in [0.15, 0.2) is 180 Å². The van der Waals surface area contributed by atoms with Crippen molar-refractivity contribution >= 4 is 121 Å². The zero-order valence-electron chi connectivity index (χ0n) is 81.7. The van der Waals surface area contributed by atoms with Crippen molar-refractivity contribution in [2.45, 2.75) is 204 Å². The van der Waals surface area contributed by atoms with Gasteiger partial charge in [0.2, 0.25) is 27.2 Å². The fraction of sp³-hybridized carbons (Fsp3) is 0.458. The minimum absolute atomic E-state index is 0.0514. The Morgan fingerprint density at radius 2 is 0.635 bits per heavy atom. The van der Waals surface area contributed by atoms with Crippen molar-refractivity contribution in [3.05, 3.63) is 215 Å². The molecule has 39 nitrogen and oxygen atoms in total. The third-order valence-corrected chi connectivity index (χ3v) is 31.3. The van der Waals surface area contributed by atoms with Crippen LogP contribution in [0, 0.1) is 96.6 Å². The first kappa shape index (κ1) is 121. The molecule has 4 saturated heterocycles. The van der Waals surface area contributed by atoms with Gasteiger partial charge in [-0.1, -0.05) is 149 Å². The molecule has 0 amide bonds. The van der Waals surface area contributed by atoms with Crippen LogP contribution in [-0.2, 0) is 93.4 Å². The van der Waals surface area contributed by atoms with E-state index in [-0.39, 0.29) is 90.7 Å². The van der Waals surface area contributed by atoms with E-state index in [0.717, 1.165) is 15.2 Å². The molecule has 8 unspecified atom stereocenters. The number of aromatic amines is 3. The quantitative estimate of drug-likeness (QED) is 0.00441. The van der Waals surface area contributed by atoms with E-state index in [1.165, 1.54) is 91.9 Å². The predicted octanol–water partition coefficient (Wildman–Crippen LogP) is 15.2. The summed E-state index contributed by atoms with van der Waals surface area (Å²) in [5, 5.41) is 43.6. The van der Waals surface area contributed by atoms with Gasteiger partial charge in [0, 0.05) is 30.9 Å². The van der Waals surface area contributed by atoms with Gasteiger partial charge in [0.05, 0.1) is 99.2 Å². The SMILES string of the molecule is C#CC1(O)[C@@H](F)[C@@H](COP(=O)(C[C@@H](C)C(=O)OC(C)C)Oc2ccccc2)O[C@H]1n1ccc(=O)[nH]c1=S.C#CC1(O)[C@@H](F)[C@@H](COP(=O)(C[C@@H](C)C(=O)OC(C)C)Oc2ccccc2)O[C@H]1n1ccc(=S)[nH]c1=O.C#CC1(O)[C@@H](F)[C@@H](COP(=O)(C[C@@H](C)C(=O)OC(C)C)Oc2ccccc2)O[C@H]1n1ccc(=S)[nH]c1=S.C#CC1(O)[C@@H](F)[C@@H](COP(=O)(C[C@@H](C)C(=O)OC(C)C)Oc2ccccc2)O[C@H]1n1ccc(N)nc1=S. The van der Waals surface area contributed by atoms with Gasteiger partial charge >= 0.3 is 60.0 Å². The molecule has 148 heavy (non-hydrogen) atoms. The van der Waals surface area contributed by atoms with E-state index >= 15 is 17.6 Å². The summed E-state index contributed by atoms with van der Waals surface area (Å²) in [7, 11) is -16.3. The average Bonchev–Trinajstić information content (AvgIpc) is 1.62. The summed E-state index contributed by atoms with van der Waals surface area (Å²) in [6.07, 6.45) is 3.33. The highest BCUT2D eigenvalue weighted by molar-refractivity contribution is 7.72. The highest BCUT2D eigenvalue weighted by Gasteiger charge is 2.62. The molecule has 4 aromatic carbocycles. The number of halogens is 4. The number of rotatable bonds is 40. The lowest BCUT2D eigenvalue weighted by Crippen LogP contribution is -2.45. The maximum absolute atomic E-state index is 15.4. The molecule has 0 bridgehead atoms. The van der Waals surface area contributed by atoms with Crippen molar-refractivity contribution in [1.82, 2.24) is 38.2 Å². The van der Waals surface area contributed by atoms with Gasteiger partial charge < -0.3 is 87.1 Å². The van der Waals surface area contributed by atoms with Crippen molar-refractivity contribution < 1.29 is 150 Å². The van der Waals surface area contributed by atoms with E-state index in [2.05, 4.69) is 19.9 Å². The summed E-state index contributed by atoms with van der Waals surface area (Å²) >= 11 is 25.4. The number of ether oxygens (including phenoxy) is 8. The Hall–Kier alpha value is -10.8. The highest BCUT2D eigenvalue weighted by Crippen LogP contribution is 2.57. The molecule has 52 heteroatoms. The second-order valence-corrected chi connectivity index (χ2v) is 45.3. The molecule has 4 aliphatic heterocycles. The Morgan fingerprint density at radius 3 is 0.885 bits per heavy atom. The Bertz CT molecular complexity index is 6300. The molecule has 0 radical (unpaired) electrons. The minimum atomic E-state index is -4.10. The highest BCUT2D eigenvalue weighted by atomic mass is 32.1. The predicted molar refractivity (Wildman–Crippen MR) is 544 cm³/mol. The number of nitrogens with one attached hydrogen (secondary N) is 3. The zero-order valence-corrected chi connectivity index (χ0v) is 89.4. The van der Waals surface area contributed by atoms with Gasteiger partial charge in [-0.05, 0) is 159 Å². The number of carbonyl (C=O) groups is 4. The van der Waals surface area contributed by atoms with Crippen LogP contribution < -0.4 is 35.1 Å². The maximum Gasteiger partial charge on any atom is 0.380 e. The molecule has 0 aliphatic carbocycles. The normalized spacial score (nSPS) is 25.7. The van der Waals surface area contributed by atoms with E-state index < -0.39 is 218 Å². The Kier molecular flexibility index (Phi) is 43.0. The third-order valence-electron chi connectivity index (χ3n) is 21.7. The van der Waals surface area contributed by atoms with Crippen LogP contribution >= 0.6 is 91.5 Å². The Labute approximate surface area is 874 Å². The summed E-state index contributed by atoms with van der Waals surface area (Å²) in [6, 6.07) is 37.9. The number of benzene rings is 4. The number of anilines is 1. The topological polar surface area (TPSA) is 505 Å². The monoisotopic (exact) mass is 2230 g/mol. The number of aromatic nitrogens is 8. The first-order valence-corrected chi connectivity index (χ1v) is 54.5. The first-order valence-electron chi connectivity index (χ1n) is 45.6. The van der Waals surface area contributed by atoms with Gasteiger partial charge in [0.25, 0.3) is 5.56 Å². The van der Waals surface area contributed by atoms with E-state index in [1.807, 2.05) is 23.7 Å². The average molecular weight is 2230 g/mol. The van der Waals surface area contributed by atoms with E-state index in [9.17, 15) is 67.5 Å². The number of H-pyrrole nitrogens is 3. The van der Waals surface area contributed by atoms with Crippen molar-refractivity contribution in [3.63, 3.8) is 0 Å². The molecule has 800 valence electrons. The number of hydrogen-bond acceptors (Lipinski definition) is 37. The van der Waals surface area contributed by atoms with Gasteiger partial charge in [0.15, 0.2) is 59.1 Å². The summed E-state index contributed by atoms with van der Waals surface area (Å²) in [5.74, 6) is 3.09. The van der Waals surface area contributed by atoms with Crippen molar-refractivity contribution in [1.29, 1.82) is 0 Å². The van der Waals surface area contributed by atoms with Crippen LogP contribution in [0.2, 0.25) is 0 Å². The molecule has 4 fully saturated rings. The number of nitrogen functional groups attached to an aromatic ring is 1. The molecular weight excluding hydrogens is 2120 g/mol. The lowest BCUT2D eigenvalue weighted by molar-refractivity contribution is -0.152. The van der Waals surface area contributed by atoms with Gasteiger partial charge in [0.1, 0.15) is 62.5 Å². The number of esters is 4. The Morgan fingerprint density at radius 1 is 0.392 bits per heavy atom. The number of nitrogens with zero attached hydrogens (tertiary/aromatic N) is 5. The fourth-order valence-corrected chi connectivity index (χ4v) is 23.1. The summed E-state index contributed by atoms with van der Waals surface area (Å²) in [6.45, 7) is 17.0. The van der Waals surface area contributed by atoms with Gasteiger partial charge in [-0.3, -0.25) is 70.3 Å². The number of hydrogen-bond donors (Lipinski definition) is 8. The second-order valence-electron chi connectivity index (χ2n) is 35.2. The number of nitrogens with two attached hydrogens (primary N) is 1. The Balaban J connectivity index is 0.000000219. The largest absolute Gasteiger partial charge is 0.463 e. The molecule has 4 aromatic heterocycles. The maximum atomic E-state index is 15.4. The van der Waals surface area contributed by atoms with Crippen LogP contribution in [-0.4, -0.2) is 230 Å². The van der Waals surface area contributed by atoms with E-state index in [0.29, 0.717) is 4.64 Å². The number of terminal acetylenes is 4. The summed E-state index contributed by atoms with van der Waals surface area (Å²) in [4.78, 5) is 84.5. The number of alkyl halides is 4. The molecule has 8 heterocycles. The first-order chi connectivity index (χ1) is 69.5. The van der Waals surface area contributed by atoms with Gasteiger partial charge in [-0.25, -0.2) is 45.6 Å². The van der Waals surface area contributed by atoms with Crippen LogP contribution in [0.5, 0.6) is 23.0 Å². The molecule has 12 rings (SSSR count). The number of carbonyl (C=O) groups excluding carboxylic acids is 4. The molecule has 24 atom stereocenters. The van der Waals surface area contributed by atoms with Crippen LogP contribution in [0.3, 0.4) is 0 Å². The van der Waals surface area contributed by atoms with Crippen molar-refractivity contribution in [2.24, 2.45) is 23.7 Å². The van der Waals surface area contributed by atoms with Crippen LogP contribution in [0.1, 0.15) is 108 Å². The number of aliphatic hydroxyl groups is 4. The lowest BCUT2D eigenvalue weighted by atomic mass is 9.96. The smallest absolute Gasteiger partial charge is 0.380 e. The fourth-order valence-electron chi connectivity index (χ4n) is 14.5. The van der Waals surface area contributed by atoms with Crippen molar-refractivity contribution in [3.8, 4) is 72.4 Å².